The molecule has 0 bridgehead atoms. The van der Waals surface area contributed by atoms with Crippen molar-refractivity contribution in [3.63, 3.8) is 0 Å². The molecule has 0 aromatic heterocycles. The first-order valence-corrected chi connectivity index (χ1v) is 7.27. The first-order chi connectivity index (χ1) is 8.56. The number of nitrogen functional groups attached to an aromatic ring is 1. The van der Waals surface area contributed by atoms with Gasteiger partial charge in [-0.1, -0.05) is 28.1 Å². The van der Waals surface area contributed by atoms with Crippen LogP contribution in [0.3, 0.4) is 0 Å². The predicted octanol–water partition coefficient (Wildman–Crippen LogP) is 4.77. The second kappa shape index (κ2) is 5.76. The van der Waals surface area contributed by atoms with E-state index in [0.29, 0.717) is 5.75 Å². The third kappa shape index (κ3) is 3.27. The van der Waals surface area contributed by atoms with Crippen LogP contribution < -0.4 is 5.73 Å². The van der Waals surface area contributed by atoms with Gasteiger partial charge in [-0.05, 0) is 42.3 Å². The molecule has 0 radical (unpaired) electrons. The molecule has 0 heterocycles. The van der Waals surface area contributed by atoms with Gasteiger partial charge in [0.2, 0.25) is 0 Å². The van der Waals surface area contributed by atoms with E-state index in [4.69, 9.17) is 5.73 Å². The summed E-state index contributed by atoms with van der Waals surface area (Å²) >= 11 is 4.91. The zero-order chi connectivity index (χ0) is 13.1. The van der Waals surface area contributed by atoms with Crippen LogP contribution >= 0.6 is 27.7 Å². The van der Waals surface area contributed by atoms with Gasteiger partial charge in [0, 0.05) is 20.8 Å². The molecule has 0 unspecified atom stereocenters. The molecule has 2 N–H and O–H groups in total. The number of anilines is 1. The average Bonchev–Trinajstić information content (AvgIpc) is 2.30. The highest BCUT2D eigenvalue weighted by Crippen LogP contribution is 2.30. The van der Waals surface area contributed by atoms with Gasteiger partial charge in [-0.3, -0.25) is 0 Å². The number of nitrogens with two attached hydrogens (primary N) is 1. The second-order valence-corrected chi connectivity index (χ2v) is 5.99. The van der Waals surface area contributed by atoms with Crippen molar-refractivity contribution in [2.75, 3.05) is 5.73 Å². The number of rotatable bonds is 3. The van der Waals surface area contributed by atoms with Gasteiger partial charge in [0.25, 0.3) is 0 Å². The Kier molecular flexibility index (Phi) is 4.30. The van der Waals surface area contributed by atoms with E-state index in [-0.39, 0.29) is 5.82 Å². The Labute approximate surface area is 119 Å². The average molecular weight is 326 g/mol. The van der Waals surface area contributed by atoms with Gasteiger partial charge in [0.15, 0.2) is 0 Å². The number of thioether (sulfide) groups is 1. The Bertz CT molecular complexity index is 551. The molecule has 0 saturated heterocycles. The Morgan fingerprint density at radius 2 is 2.06 bits per heavy atom. The largest absolute Gasteiger partial charge is 0.398 e. The molecule has 0 aliphatic rings. The van der Waals surface area contributed by atoms with Crippen molar-refractivity contribution in [2.24, 2.45) is 0 Å². The minimum Gasteiger partial charge on any atom is -0.398 e. The summed E-state index contributed by atoms with van der Waals surface area (Å²) in [4.78, 5) is 1.04. The van der Waals surface area contributed by atoms with Crippen molar-refractivity contribution >= 4 is 33.4 Å². The van der Waals surface area contributed by atoms with Crippen molar-refractivity contribution in [2.45, 2.75) is 17.6 Å². The molecule has 0 amide bonds. The Morgan fingerprint density at radius 1 is 1.28 bits per heavy atom. The maximum Gasteiger partial charge on any atom is 0.124 e. The van der Waals surface area contributed by atoms with Crippen LogP contribution in [0.2, 0.25) is 0 Å². The summed E-state index contributed by atoms with van der Waals surface area (Å²) in [6.45, 7) is 1.98. The fraction of sp³-hybridized carbons (Fsp3) is 0.143. The molecule has 0 atom stereocenters. The molecule has 1 nitrogen and oxygen atoms in total. The zero-order valence-electron chi connectivity index (χ0n) is 9.91. The van der Waals surface area contributed by atoms with Crippen LogP contribution in [0.4, 0.5) is 10.1 Å². The molecule has 4 heteroatoms. The number of para-hydroxylation sites is 1. The van der Waals surface area contributed by atoms with Gasteiger partial charge in [-0.2, -0.15) is 0 Å². The maximum absolute atomic E-state index is 13.2. The number of hydrogen-bond acceptors (Lipinski definition) is 2. The maximum atomic E-state index is 13.2. The molecule has 0 saturated carbocycles. The minimum absolute atomic E-state index is 0.225. The highest BCUT2D eigenvalue weighted by atomic mass is 79.9. The van der Waals surface area contributed by atoms with Gasteiger partial charge < -0.3 is 5.73 Å². The minimum atomic E-state index is -0.225. The quantitative estimate of drug-likeness (QED) is 0.649. The highest BCUT2D eigenvalue weighted by molar-refractivity contribution is 9.10. The van der Waals surface area contributed by atoms with Crippen molar-refractivity contribution < 1.29 is 4.39 Å². The van der Waals surface area contributed by atoms with Crippen LogP contribution in [0.1, 0.15) is 11.1 Å². The fourth-order valence-corrected chi connectivity index (χ4v) is 3.13. The molecule has 2 rings (SSSR count). The van der Waals surface area contributed by atoms with E-state index < -0.39 is 0 Å². The molecule has 0 fully saturated rings. The van der Waals surface area contributed by atoms with Crippen molar-refractivity contribution in [1.82, 2.24) is 0 Å². The van der Waals surface area contributed by atoms with Gasteiger partial charge in [-0.25, -0.2) is 4.39 Å². The summed E-state index contributed by atoms with van der Waals surface area (Å²) in [5.74, 6) is 0.474. The van der Waals surface area contributed by atoms with Crippen LogP contribution in [-0.4, -0.2) is 0 Å². The Hall–Kier alpha value is -1.00. The summed E-state index contributed by atoms with van der Waals surface area (Å²) < 4.78 is 14.0. The lowest BCUT2D eigenvalue weighted by Crippen LogP contribution is -1.92. The molecule has 0 spiro atoms. The molecular formula is C14H13BrFNS. The van der Waals surface area contributed by atoms with Crippen LogP contribution in [0.5, 0.6) is 0 Å². The molecule has 18 heavy (non-hydrogen) atoms. The second-order valence-electron chi connectivity index (χ2n) is 4.05. The lowest BCUT2D eigenvalue weighted by Gasteiger charge is -2.08. The summed E-state index contributed by atoms with van der Waals surface area (Å²) in [5, 5.41) is 0. The highest BCUT2D eigenvalue weighted by Gasteiger charge is 2.04. The Balaban J connectivity index is 2.14. The Morgan fingerprint density at radius 3 is 2.78 bits per heavy atom. The van der Waals surface area contributed by atoms with Crippen LogP contribution in [0.15, 0.2) is 45.8 Å². The molecule has 2 aromatic carbocycles. The van der Waals surface area contributed by atoms with Crippen molar-refractivity contribution in [3.8, 4) is 0 Å². The molecular weight excluding hydrogens is 313 g/mol. The van der Waals surface area contributed by atoms with E-state index in [1.54, 1.807) is 17.8 Å². The van der Waals surface area contributed by atoms with Gasteiger partial charge in [0.05, 0.1) is 0 Å². The van der Waals surface area contributed by atoms with E-state index in [9.17, 15) is 4.39 Å². The molecule has 94 valence electrons. The van der Waals surface area contributed by atoms with Crippen molar-refractivity contribution in [1.29, 1.82) is 0 Å². The zero-order valence-corrected chi connectivity index (χ0v) is 12.3. The summed E-state index contributed by atoms with van der Waals surface area (Å²) in [5.41, 5.74) is 8.81. The van der Waals surface area contributed by atoms with Gasteiger partial charge in [-0.15, -0.1) is 11.8 Å². The van der Waals surface area contributed by atoms with E-state index >= 15 is 0 Å². The van der Waals surface area contributed by atoms with E-state index in [1.807, 2.05) is 31.2 Å². The topological polar surface area (TPSA) is 26.0 Å². The third-order valence-corrected chi connectivity index (χ3v) is 4.20. The third-order valence-electron chi connectivity index (χ3n) is 2.60. The lowest BCUT2D eigenvalue weighted by molar-refractivity contribution is 0.625. The molecule has 0 aliphatic carbocycles. The molecule has 2 aromatic rings. The van der Waals surface area contributed by atoms with E-state index in [0.717, 1.165) is 26.2 Å². The standard InChI is InChI=1S/C14H13BrFNS/c1-9-3-2-4-13(14(9)17)18-8-10-5-11(15)7-12(16)6-10/h2-7H,8,17H2,1H3. The first-order valence-electron chi connectivity index (χ1n) is 5.49. The number of aryl methyl sites for hydroxylation is 1. The predicted molar refractivity (Wildman–Crippen MR) is 79.3 cm³/mol. The number of benzene rings is 2. The van der Waals surface area contributed by atoms with E-state index in [2.05, 4.69) is 15.9 Å². The summed E-state index contributed by atoms with van der Waals surface area (Å²) in [6, 6.07) is 10.9. The molecule has 0 aliphatic heterocycles. The van der Waals surface area contributed by atoms with Gasteiger partial charge >= 0.3 is 0 Å². The fourth-order valence-electron chi connectivity index (χ4n) is 1.63. The van der Waals surface area contributed by atoms with Crippen LogP contribution in [0, 0.1) is 12.7 Å². The smallest absolute Gasteiger partial charge is 0.124 e. The normalized spacial score (nSPS) is 10.6. The first kappa shape index (κ1) is 13.4. The summed E-state index contributed by atoms with van der Waals surface area (Å²) in [7, 11) is 0. The van der Waals surface area contributed by atoms with Crippen LogP contribution in [0.25, 0.3) is 0 Å². The number of halogens is 2. The van der Waals surface area contributed by atoms with Gasteiger partial charge in [0.1, 0.15) is 5.82 Å². The lowest BCUT2D eigenvalue weighted by atomic mass is 10.2. The summed E-state index contributed by atoms with van der Waals surface area (Å²) in [6.07, 6.45) is 0. The monoisotopic (exact) mass is 325 g/mol. The van der Waals surface area contributed by atoms with E-state index in [1.165, 1.54) is 6.07 Å². The van der Waals surface area contributed by atoms with Crippen molar-refractivity contribution in [3.05, 3.63) is 57.8 Å². The number of hydrogen-bond donors (Lipinski definition) is 1. The van der Waals surface area contributed by atoms with Crippen LogP contribution in [-0.2, 0) is 5.75 Å². The SMILES string of the molecule is Cc1cccc(SCc2cc(F)cc(Br)c2)c1N.